The Labute approximate surface area is 123 Å². The number of aryl methyl sites for hydroxylation is 2. The van der Waals surface area contributed by atoms with Crippen molar-refractivity contribution in [2.24, 2.45) is 7.05 Å². The van der Waals surface area contributed by atoms with Crippen LogP contribution in [-0.4, -0.2) is 24.0 Å². The summed E-state index contributed by atoms with van der Waals surface area (Å²) >= 11 is 6.10. The normalized spacial score (nSPS) is 10.4. The molecule has 0 spiro atoms. The van der Waals surface area contributed by atoms with Crippen molar-refractivity contribution in [2.75, 3.05) is 19.5 Å². The van der Waals surface area contributed by atoms with Crippen LogP contribution >= 0.6 is 11.6 Å². The molecular weight excluding hydrogens is 278 g/mol. The zero-order valence-electron chi connectivity index (χ0n) is 12.0. The third-order valence-electron chi connectivity index (χ3n) is 3.10. The fourth-order valence-electron chi connectivity index (χ4n) is 2.11. The summed E-state index contributed by atoms with van der Waals surface area (Å²) in [6, 6.07) is 5.58. The largest absolute Gasteiger partial charge is 0.495 e. The van der Waals surface area contributed by atoms with Crippen molar-refractivity contribution >= 4 is 17.3 Å². The van der Waals surface area contributed by atoms with Crippen molar-refractivity contribution in [3.63, 3.8) is 0 Å². The lowest BCUT2D eigenvalue weighted by Gasteiger charge is -2.10. The third kappa shape index (κ3) is 2.82. The number of anilines is 1. The monoisotopic (exact) mass is 295 g/mol. The first kappa shape index (κ1) is 14.5. The van der Waals surface area contributed by atoms with E-state index in [0.717, 1.165) is 22.8 Å². The van der Waals surface area contributed by atoms with Crippen LogP contribution in [0.3, 0.4) is 0 Å². The number of aromatic nitrogens is 2. The van der Waals surface area contributed by atoms with Gasteiger partial charge in [0.2, 0.25) is 5.88 Å². The zero-order valence-corrected chi connectivity index (χ0v) is 12.8. The fourth-order valence-corrected chi connectivity index (χ4v) is 2.36. The van der Waals surface area contributed by atoms with Crippen LogP contribution < -0.4 is 14.8 Å². The Morgan fingerprint density at radius 1 is 1.30 bits per heavy atom. The number of ether oxygens (including phenoxy) is 2. The number of nitrogens with one attached hydrogen (secondary N) is 1. The highest BCUT2D eigenvalue weighted by Crippen LogP contribution is 2.28. The second-order valence-electron chi connectivity index (χ2n) is 4.40. The molecule has 0 saturated carbocycles. The van der Waals surface area contributed by atoms with Gasteiger partial charge in [-0.3, -0.25) is 0 Å². The standard InChI is InChI=1S/C14H18ClN3O2/c1-9-11(14(20-4)18(2)17-9)8-16-10-5-6-13(19-3)12(15)7-10/h5-7,16H,8H2,1-4H3. The summed E-state index contributed by atoms with van der Waals surface area (Å²) in [5, 5.41) is 8.23. The van der Waals surface area contributed by atoms with Gasteiger partial charge in [-0.25, -0.2) is 4.68 Å². The molecule has 0 radical (unpaired) electrons. The third-order valence-corrected chi connectivity index (χ3v) is 3.40. The quantitative estimate of drug-likeness (QED) is 0.921. The van der Waals surface area contributed by atoms with E-state index in [1.165, 1.54) is 0 Å². The molecule has 1 heterocycles. The van der Waals surface area contributed by atoms with Crippen molar-refractivity contribution in [1.29, 1.82) is 0 Å². The minimum atomic E-state index is 0.576. The molecule has 108 valence electrons. The van der Waals surface area contributed by atoms with Crippen molar-refractivity contribution in [3.8, 4) is 11.6 Å². The molecule has 1 aromatic heterocycles. The summed E-state index contributed by atoms with van der Waals surface area (Å²) in [5.41, 5.74) is 2.89. The molecule has 0 aliphatic carbocycles. The van der Waals surface area contributed by atoms with E-state index in [2.05, 4.69) is 10.4 Å². The zero-order chi connectivity index (χ0) is 14.7. The van der Waals surface area contributed by atoms with Gasteiger partial charge in [-0.1, -0.05) is 11.6 Å². The van der Waals surface area contributed by atoms with Crippen LogP contribution in [0.2, 0.25) is 5.02 Å². The number of rotatable bonds is 5. The Hall–Kier alpha value is -1.88. The van der Waals surface area contributed by atoms with E-state index >= 15 is 0 Å². The van der Waals surface area contributed by atoms with E-state index in [1.807, 2.05) is 32.2 Å². The maximum absolute atomic E-state index is 6.10. The highest BCUT2D eigenvalue weighted by atomic mass is 35.5. The van der Waals surface area contributed by atoms with Gasteiger partial charge in [0, 0.05) is 19.3 Å². The maximum Gasteiger partial charge on any atom is 0.216 e. The highest BCUT2D eigenvalue weighted by Gasteiger charge is 2.13. The van der Waals surface area contributed by atoms with Gasteiger partial charge in [-0.2, -0.15) is 5.10 Å². The molecule has 6 heteroatoms. The minimum absolute atomic E-state index is 0.576. The number of hydrogen-bond acceptors (Lipinski definition) is 4. The molecule has 0 aliphatic heterocycles. The highest BCUT2D eigenvalue weighted by molar-refractivity contribution is 6.32. The van der Waals surface area contributed by atoms with Crippen molar-refractivity contribution < 1.29 is 9.47 Å². The average Bonchev–Trinajstić information content (AvgIpc) is 2.70. The number of methoxy groups -OCH3 is 2. The average molecular weight is 296 g/mol. The van der Waals surface area contributed by atoms with E-state index in [-0.39, 0.29) is 0 Å². The summed E-state index contributed by atoms with van der Waals surface area (Å²) in [6.07, 6.45) is 0. The molecule has 5 nitrogen and oxygen atoms in total. The lowest BCUT2D eigenvalue weighted by molar-refractivity contribution is 0.370. The van der Waals surface area contributed by atoms with Crippen LogP contribution in [0, 0.1) is 6.92 Å². The van der Waals surface area contributed by atoms with E-state index in [9.17, 15) is 0 Å². The number of halogens is 1. The second kappa shape index (κ2) is 6.05. The first-order valence-electron chi connectivity index (χ1n) is 6.20. The second-order valence-corrected chi connectivity index (χ2v) is 4.81. The van der Waals surface area contributed by atoms with Crippen LogP contribution in [-0.2, 0) is 13.6 Å². The first-order chi connectivity index (χ1) is 9.56. The van der Waals surface area contributed by atoms with Gasteiger partial charge in [0.05, 0.1) is 30.5 Å². The van der Waals surface area contributed by atoms with Crippen LogP contribution in [0.4, 0.5) is 5.69 Å². The lowest BCUT2D eigenvalue weighted by atomic mass is 10.2. The molecular formula is C14H18ClN3O2. The van der Waals surface area contributed by atoms with Gasteiger partial charge >= 0.3 is 0 Å². The molecule has 0 fully saturated rings. The van der Waals surface area contributed by atoms with Gasteiger partial charge in [0.15, 0.2) is 0 Å². The molecule has 0 aliphatic rings. The Bertz CT molecular complexity index is 611. The summed E-state index contributed by atoms with van der Waals surface area (Å²) in [6.45, 7) is 2.58. The van der Waals surface area contributed by atoms with E-state index in [1.54, 1.807) is 18.9 Å². The maximum atomic E-state index is 6.10. The van der Waals surface area contributed by atoms with Gasteiger partial charge < -0.3 is 14.8 Å². The molecule has 0 amide bonds. The Morgan fingerprint density at radius 3 is 2.65 bits per heavy atom. The predicted molar refractivity (Wildman–Crippen MR) is 79.8 cm³/mol. The Kier molecular flexibility index (Phi) is 4.39. The van der Waals surface area contributed by atoms with Crippen LogP contribution in [0.5, 0.6) is 11.6 Å². The van der Waals surface area contributed by atoms with Gasteiger partial charge in [0.1, 0.15) is 5.75 Å². The summed E-state index contributed by atoms with van der Waals surface area (Å²) in [7, 11) is 5.10. The smallest absolute Gasteiger partial charge is 0.216 e. The van der Waals surface area contributed by atoms with E-state index in [4.69, 9.17) is 21.1 Å². The molecule has 0 atom stereocenters. The van der Waals surface area contributed by atoms with Gasteiger partial charge in [-0.05, 0) is 25.1 Å². The molecule has 0 saturated heterocycles. The van der Waals surface area contributed by atoms with Crippen LogP contribution in [0.15, 0.2) is 18.2 Å². The topological polar surface area (TPSA) is 48.3 Å². The van der Waals surface area contributed by atoms with Crippen molar-refractivity contribution in [3.05, 3.63) is 34.5 Å². The van der Waals surface area contributed by atoms with E-state index in [0.29, 0.717) is 17.3 Å². The predicted octanol–water partition coefficient (Wildman–Crippen LogP) is 3.01. The van der Waals surface area contributed by atoms with Gasteiger partial charge in [-0.15, -0.1) is 0 Å². The first-order valence-corrected chi connectivity index (χ1v) is 6.58. The molecule has 0 bridgehead atoms. The fraction of sp³-hybridized carbons (Fsp3) is 0.357. The number of nitrogens with zero attached hydrogens (tertiary/aromatic N) is 2. The molecule has 1 aromatic carbocycles. The lowest BCUT2D eigenvalue weighted by Crippen LogP contribution is -2.03. The van der Waals surface area contributed by atoms with E-state index < -0.39 is 0 Å². The SMILES string of the molecule is COc1ccc(NCc2c(C)nn(C)c2OC)cc1Cl. The molecule has 2 rings (SSSR count). The molecule has 20 heavy (non-hydrogen) atoms. The summed E-state index contributed by atoms with van der Waals surface area (Å²) in [5.74, 6) is 1.42. The summed E-state index contributed by atoms with van der Waals surface area (Å²) in [4.78, 5) is 0. The molecule has 1 N–H and O–H groups in total. The Morgan fingerprint density at radius 2 is 2.05 bits per heavy atom. The van der Waals surface area contributed by atoms with Gasteiger partial charge in [0.25, 0.3) is 0 Å². The van der Waals surface area contributed by atoms with Crippen molar-refractivity contribution in [2.45, 2.75) is 13.5 Å². The van der Waals surface area contributed by atoms with Crippen LogP contribution in [0.1, 0.15) is 11.3 Å². The number of benzene rings is 1. The Balaban J connectivity index is 2.15. The summed E-state index contributed by atoms with van der Waals surface area (Å²) < 4.78 is 12.2. The molecule has 2 aromatic rings. The van der Waals surface area contributed by atoms with Crippen LogP contribution in [0.25, 0.3) is 0 Å². The molecule has 0 unspecified atom stereocenters. The van der Waals surface area contributed by atoms with Crippen molar-refractivity contribution in [1.82, 2.24) is 9.78 Å². The minimum Gasteiger partial charge on any atom is -0.495 e. The number of hydrogen-bond donors (Lipinski definition) is 1.